The highest BCUT2D eigenvalue weighted by Crippen LogP contribution is 2.23. The average Bonchev–Trinajstić information content (AvgIpc) is 2.75. The number of halogens is 1. The van der Waals surface area contributed by atoms with E-state index in [9.17, 15) is 4.79 Å². The number of ether oxygens (including phenoxy) is 1. The van der Waals surface area contributed by atoms with E-state index in [2.05, 4.69) is 9.88 Å². The van der Waals surface area contributed by atoms with E-state index in [1.54, 1.807) is 6.20 Å². The van der Waals surface area contributed by atoms with E-state index in [-0.39, 0.29) is 11.9 Å². The van der Waals surface area contributed by atoms with Gasteiger partial charge in [-0.3, -0.25) is 9.69 Å². The van der Waals surface area contributed by atoms with E-state index >= 15 is 0 Å². The van der Waals surface area contributed by atoms with Gasteiger partial charge in [0.25, 0.3) is 0 Å². The number of hydrogen-bond donors (Lipinski definition) is 0. The van der Waals surface area contributed by atoms with Crippen molar-refractivity contribution >= 4 is 28.9 Å². The Morgan fingerprint density at radius 3 is 3.22 bits per heavy atom. The molecule has 2 heterocycles. The zero-order valence-corrected chi connectivity index (χ0v) is 12.0. The first kappa shape index (κ1) is 13.8. The van der Waals surface area contributed by atoms with Gasteiger partial charge in [0.05, 0.1) is 12.5 Å². The first-order valence-corrected chi connectivity index (χ1v) is 7.37. The van der Waals surface area contributed by atoms with Crippen molar-refractivity contribution in [3.8, 4) is 0 Å². The summed E-state index contributed by atoms with van der Waals surface area (Å²) >= 11 is 7.31. The van der Waals surface area contributed by atoms with Crippen LogP contribution in [0.1, 0.15) is 24.6 Å². The monoisotopic (exact) mass is 288 g/mol. The summed E-state index contributed by atoms with van der Waals surface area (Å²) in [5.41, 5.74) is 0. The smallest absolute Gasteiger partial charge is 0.310 e. The van der Waals surface area contributed by atoms with Crippen LogP contribution in [0.2, 0.25) is 4.47 Å². The number of nitrogens with zero attached hydrogens (tertiary/aromatic N) is 2. The van der Waals surface area contributed by atoms with Crippen LogP contribution in [0.15, 0.2) is 6.20 Å². The standard InChI is InChI=1S/C12H17ClN2O2S/c1-2-17-11(16)9-4-3-5-15(7-9)8-10-6-14-12(13)18-10/h6,9H,2-5,7-8H2,1H3/t9-/m1/s1. The van der Waals surface area contributed by atoms with Crippen molar-refractivity contribution in [2.45, 2.75) is 26.3 Å². The lowest BCUT2D eigenvalue weighted by Crippen LogP contribution is -2.38. The Hall–Kier alpha value is -0.650. The fourth-order valence-corrected chi connectivity index (χ4v) is 3.25. The molecule has 1 aromatic heterocycles. The molecule has 100 valence electrons. The highest BCUT2D eigenvalue weighted by molar-refractivity contribution is 7.15. The molecule has 0 bridgehead atoms. The van der Waals surface area contributed by atoms with Gasteiger partial charge in [-0.25, -0.2) is 4.98 Å². The minimum atomic E-state index is -0.0652. The maximum absolute atomic E-state index is 11.7. The first-order valence-electron chi connectivity index (χ1n) is 6.18. The van der Waals surface area contributed by atoms with Crippen molar-refractivity contribution in [1.29, 1.82) is 0 Å². The van der Waals surface area contributed by atoms with Crippen LogP contribution < -0.4 is 0 Å². The Morgan fingerprint density at radius 2 is 2.56 bits per heavy atom. The second-order valence-electron chi connectivity index (χ2n) is 4.41. The number of rotatable bonds is 4. The number of carbonyl (C=O) groups excluding carboxylic acids is 1. The molecule has 1 aliphatic rings. The lowest BCUT2D eigenvalue weighted by molar-refractivity contribution is -0.150. The van der Waals surface area contributed by atoms with Gasteiger partial charge in [0, 0.05) is 24.2 Å². The van der Waals surface area contributed by atoms with Gasteiger partial charge in [-0.1, -0.05) is 11.6 Å². The van der Waals surface area contributed by atoms with Crippen molar-refractivity contribution in [2.75, 3.05) is 19.7 Å². The first-order chi connectivity index (χ1) is 8.69. The van der Waals surface area contributed by atoms with E-state index in [1.807, 2.05) is 6.92 Å². The number of aromatic nitrogens is 1. The van der Waals surface area contributed by atoms with Crippen molar-refractivity contribution in [1.82, 2.24) is 9.88 Å². The van der Waals surface area contributed by atoms with Gasteiger partial charge in [0.15, 0.2) is 4.47 Å². The maximum atomic E-state index is 11.7. The van der Waals surface area contributed by atoms with Gasteiger partial charge in [0.2, 0.25) is 0 Å². The summed E-state index contributed by atoms with van der Waals surface area (Å²) < 4.78 is 5.66. The summed E-state index contributed by atoms with van der Waals surface area (Å²) in [5, 5.41) is 0. The van der Waals surface area contributed by atoms with Crippen LogP contribution in [0.5, 0.6) is 0 Å². The predicted octanol–water partition coefficient (Wildman–Crippen LogP) is 2.57. The van der Waals surface area contributed by atoms with E-state index in [0.29, 0.717) is 11.1 Å². The third-order valence-corrected chi connectivity index (χ3v) is 4.13. The van der Waals surface area contributed by atoms with Crippen LogP contribution in [-0.4, -0.2) is 35.5 Å². The van der Waals surface area contributed by atoms with Crippen LogP contribution in [0, 0.1) is 5.92 Å². The topological polar surface area (TPSA) is 42.4 Å². The molecular weight excluding hydrogens is 272 g/mol. The van der Waals surface area contributed by atoms with Crippen molar-refractivity contribution in [3.63, 3.8) is 0 Å². The van der Waals surface area contributed by atoms with Gasteiger partial charge in [-0.2, -0.15) is 0 Å². The van der Waals surface area contributed by atoms with Crippen molar-refractivity contribution in [3.05, 3.63) is 15.5 Å². The molecule has 0 unspecified atom stereocenters. The molecule has 18 heavy (non-hydrogen) atoms. The Morgan fingerprint density at radius 1 is 1.72 bits per heavy atom. The minimum absolute atomic E-state index is 0.0158. The molecule has 6 heteroatoms. The lowest BCUT2D eigenvalue weighted by Gasteiger charge is -2.30. The molecule has 0 amide bonds. The molecule has 0 saturated carbocycles. The largest absolute Gasteiger partial charge is 0.466 e. The van der Waals surface area contributed by atoms with Crippen LogP contribution in [0.4, 0.5) is 0 Å². The molecule has 1 aromatic rings. The Bertz CT molecular complexity index is 411. The van der Waals surface area contributed by atoms with Crippen LogP contribution in [0.3, 0.4) is 0 Å². The average molecular weight is 289 g/mol. The highest BCUT2D eigenvalue weighted by Gasteiger charge is 2.26. The van der Waals surface area contributed by atoms with Gasteiger partial charge < -0.3 is 4.74 Å². The summed E-state index contributed by atoms with van der Waals surface area (Å²) in [6.45, 7) is 4.91. The van der Waals surface area contributed by atoms with Crippen LogP contribution in [0.25, 0.3) is 0 Å². The molecule has 0 radical (unpaired) electrons. The molecule has 2 rings (SSSR count). The second kappa shape index (κ2) is 6.50. The molecule has 1 aliphatic heterocycles. The third-order valence-electron chi connectivity index (χ3n) is 3.03. The number of thiazole rings is 1. The molecule has 0 aliphatic carbocycles. The second-order valence-corrected chi connectivity index (χ2v) is 6.10. The third kappa shape index (κ3) is 3.67. The number of hydrogen-bond acceptors (Lipinski definition) is 5. The Balaban J connectivity index is 1.88. The molecule has 0 N–H and O–H groups in total. The summed E-state index contributed by atoms with van der Waals surface area (Å²) in [7, 11) is 0. The molecule has 1 fully saturated rings. The van der Waals surface area contributed by atoms with Gasteiger partial charge in [0.1, 0.15) is 0 Å². The van der Waals surface area contributed by atoms with Crippen LogP contribution >= 0.6 is 22.9 Å². The number of carbonyl (C=O) groups is 1. The fraction of sp³-hybridized carbons (Fsp3) is 0.667. The van der Waals surface area contributed by atoms with Gasteiger partial charge >= 0.3 is 5.97 Å². The summed E-state index contributed by atoms with van der Waals surface area (Å²) in [6.07, 6.45) is 3.77. The molecular formula is C12H17ClN2O2S. The quantitative estimate of drug-likeness (QED) is 0.799. The molecule has 1 saturated heterocycles. The predicted molar refractivity (Wildman–Crippen MR) is 71.8 cm³/mol. The summed E-state index contributed by atoms with van der Waals surface area (Å²) in [4.78, 5) is 19.2. The molecule has 0 aromatic carbocycles. The summed E-state index contributed by atoms with van der Waals surface area (Å²) in [5.74, 6) is -0.0494. The Labute approximate surface area is 116 Å². The van der Waals surface area contributed by atoms with E-state index in [1.165, 1.54) is 11.3 Å². The summed E-state index contributed by atoms with van der Waals surface area (Å²) in [6, 6.07) is 0. The SMILES string of the molecule is CCOC(=O)[C@@H]1CCCN(Cc2cnc(Cl)s2)C1. The number of esters is 1. The van der Waals surface area contributed by atoms with E-state index in [4.69, 9.17) is 16.3 Å². The molecule has 0 spiro atoms. The fourth-order valence-electron chi connectivity index (χ4n) is 2.23. The number of likely N-dealkylation sites (tertiary alicyclic amines) is 1. The van der Waals surface area contributed by atoms with Gasteiger partial charge in [-0.05, 0) is 26.3 Å². The van der Waals surface area contributed by atoms with Crippen molar-refractivity contribution < 1.29 is 9.53 Å². The zero-order valence-electron chi connectivity index (χ0n) is 10.4. The maximum Gasteiger partial charge on any atom is 0.310 e. The zero-order chi connectivity index (χ0) is 13.0. The van der Waals surface area contributed by atoms with Crippen molar-refractivity contribution in [2.24, 2.45) is 5.92 Å². The normalized spacial score (nSPS) is 20.9. The van der Waals surface area contributed by atoms with E-state index in [0.717, 1.165) is 37.4 Å². The van der Waals surface area contributed by atoms with Gasteiger partial charge in [-0.15, -0.1) is 11.3 Å². The number of piperidine rings is 1. The van der Waals surface area contributed by atoms with E-state index < -0.39 is 0 Å². The van der Waals surface area contributed by atoms with Crippen LogP contribution in [-0.2, 0) is 16.1 Å². The highest BCUT2D eigenvalue weighted by atomic mass is 35.5. The lowest BCUT2D eigenvalue weighted by atomic mass is 9.98. The Kier molecular flexibility index (Phi) is 4.97. The molecule has 1 atom stereocenters. The molecule has 4 nitrogen and oxygen atoms in total. The minimum Gasteiger partial charge on any atom is -0.466 e.